The Morgan fingerprint density at radius 1 is 1.50 bits per heavy atom. The van der Waals surface area contributed by atoms with Crippen molar-refractivity contribution in [2.75, 3.05) is 31.2 Å². The van der Waals surface area contributed by atoms with E-state index in [2.05, 4.69) is 16.8 Å². The largest absolute Gasteiger partial charge is 0.378 e. The molecule has 1 fully saturated rings. The molecule has 0 saturated carbocycles. The Morgan fingerprint density at radius 2 is 2.20 bits per heavy atom. The van der Waals surface area contributed by atoms with E-state index in [1.165, 1.54) is 18.2 Å². The summed E-state index contributed by atoms with van der Waals surface area (Å²) in [7, 11) is 0. The lowest BCUT2D eigenvalue weighted by Gasteiger charge is -2.32. The fraction of sp³-hybridized carbons (Fsp3) is 0.400. The topological polar surface area (TPSA) is 41.6 Å². The van der Waals surface area contributed by atoms with Crippen molar-refractivity contribution in [1.82, 2.24) is 5.32 Å². The van der Waals surface area contributed by atoms with E-state index in [1.807, 2.05) is 6.92 Å². The van der Waals surface area contributed by atoms with Crippen LogP contribution in [0.3, 0.4) is 0 Å². The second kappa shape index (κ2) is 6.52. The molecule has 0 aliphatic carbocycles. The second-order valence-electron chi connectivity index (χ2n) is 4.74. The summed E-state index contributed by atoms with van der Waals surface area (Å²) in [5, 5.41) is 2.77. The molecule has 0 spiro atoms. The average Bonchev–Trinajstić information content (AvgIpc) is 2.47. The van der Waals surface area contributed by atoms with Crippen molar-refractivity contribution in [2.24, 2.45) is 0 Å². The number of carbonyl (C=O) groups excluding carboxylic acids is 1. The summed E-state index contributed by atoms with van der Waals surface area (Å²) in [5.74, 6) is -0.577. The van der Waals surface area contributed by atoms with Gasteiger partial charge in [0.05, 0.1) is 19.3 Å². The highest BCUT2D eigenvalue weighted by Crippen LogP contribution is 2.28. The van der Waals surface area contributed by atoms with Gasteiger partial charge in [0, 0.05) is 24.3 Å². The highest BCUT2D eigenvalue weighted by molar-refractivity contribution is 5.87. The molecule has 0 radical (unpaired) electrons. The van der Waals surface area contributed by atoms with Crippen molar-refractivity contribution < 1.29 is 13.9 Å². The zero-order valence-electron chi connectivity index (χ0n) is 11.6. The smallest absolute Gasteiger partial charge is 0.243 e. The Bertz CT molecular complexity index is 499. The number of ether oxygens (including phenoxy) is 1. The van der Waals surface area contributed by atoms with E-state index in [0.29, 0.717) is 13.2 Å². The number of halogens is 1. The zero-order valence-corrected chi connectivity index (χ0v) is 11.6. The molecule has 20 heavy (non-hydrogen) atoms. The normalized spacial score (nSPS) is 16.6. The van der Waals surface area contributed by atoms with Crippen LogP contribution in [0.5, 0.6) is 0 Å². The van der Waals surface area contributed by atoms with Gasteiger partial charge in [-0.05, 0) is 31.2 Å². The van der Waals surface area contributed by atoms with E-state index in [4.69, 9.17) is 4.74 Å². The van der Waals surface area contributed by atoms with Gasteiger partial charge < -0.3 is 15.0 Å². The molecule has 1 aromatic carbocycles. The number of nitrogens with zero attached hydrogens (tertiary/aromatic N) is 1. The van der Waals surface area contributed by atoms with Crippen LogP contribution < -0.4 is 10.2 Å². The maximum Gasteiger partial charge on any atom is 0.243 e. The maximum atomic E-state index is 13.5. The number of hydrogen-bond donors (Lipinski definition) is 1. The number of anilines is 1. The molecule has 1 aliphatic heterocycles. The summed E-state index contributed by atoms with van der Waals surface area (Å²) in [4.78, 5) is 13.6. The van der Waals surface area contributed by atoms with E-state index >= 15 is 0 Å². The lowest BCUT2D eigenvalue weighted by molar-refractivity contribution is -0.117. The fourth-order valence-electron chi connectivity index (χ4n) is 2.31. The highest BCUT2D eigenvalue weighted by atomic mass is 19.1. The molecule has 1 aliphatic rings. The van der Waals surface area contributed by atoms with Gasteiger partial charge in [0.25, 0.3) is 0 Å². The third-order valence-corrected chi connectivity index (χ3v) is 3.35. The molecule has 4 nitrogen and oxygen atoms in total. The Kier molecular flexibility index (Phi) is 4.74. The van der Waals surface area contributed by atoms with Gasteiger partial charge in [0.2, 0.25) is 5.91 Å². The molecule has 5 heteroatoms. The third kappa shape index (κ3) is 3.36. The quantitative estimate of drug-likeness (QED) is 0.857. The Hall–Kier alpha value is -1.88. The van der Waals surface area contributed by atoms with Gasteiger partial charge in [-0.2, -0.15) is 0 Å². The highest BCUT2D eigenvalue weighted by Gasteiger charge is 2.19. The molecule has 1 aromatic rings. The number of amides is 1. The van der Waals surface area contributed by atoms with E-state index in [1.54, 1.807) is 6.07 Å². The third-order valence-electron chi connectivity index (χ3n) is 3.35. The van der Waals surface area contributed by atoms with Crippen LogP contribution in [0.15, 0.2) is 30.9 Å². The van der Waals surface area contributed by atoms with Gasteiger partial charge in [-0.15, -0.1) is 0 Å². The fourth-order valence-corrected chi connectivity index (χ4v) is 2.31. The molecule has 1 heterocycles. The first kappa shape index (κ1) is 14.5. The van der Waals surface area contributed by atoms with Crippen LogP contribution in [0.25, 0.3) is 0 Å². The minimum atomic E-state index is -0.309. The van der Waals surface area contributed by atoms with Gasteiger partial charge in [-0.3, -0.25) is 4.79 Å². The summed E-state index contributed by atoms with van der Waals surface area (Å²) < 4.78 is 18.8. The van der Waals surface area contributed by atoms with Crippen LogP contribution in [0.4, 0.5) is 10.1 Å². The Labute approximate surface area is 118 Å². The number of morpholine rings is 1. The summed E-state index contributed by atoms with van der Waals surface area (Å²) in [6, 6.07) is 4.39. The van der Waals surface area contributed by atoms with Gasteiger partial charge in [0.15, 0.2) is 0 Å². The van der Waals surface area contributed by atoms with Crippen LogP contribution in [-0.2, 0) is 9.53 Å². The predicted octanol–water partition coefficient (Wildman–Crippen LogP) is 2.03. The Morgan fingerprint density at radius 3 is 2.85 bits per heavy atom. The maximum absolute atomic E-state index is 13.5. The molecule has 1 atom stereocenters. The molecule has 1 amide bonds. The lowest BCUT2D eigenvalue weighted by atomic mass is 10.0. The summed E-state index contributed by atoms with van der Waals surface area (Å²) >= 11 is 0. The number of benzene rings is 1. The SMILES string of the molecule is C=CC(=O)NC(C)c1cc(F)ccc1N1CCOCC1. The molecule has 0 aromatic heterocycles. The molecule has 1 saturated heterocycles. The molecular formula is C15H19FN2O2. The van der Waals surface area contributed by atoms with Gasteiger partial charge in [-0.25, -0.2) is 4.39 Å². The van der Waals surface area contributed by atoms with Crippen LogP contribution in [-0.4, -0.2) is 32.2 Å². The van der Waals surface area contributed by atoms with E-state index in [9.17, 15) is 9.18 Å². The monoisotopic (exact) mass is 278 g/mol. The predicted molar refractivity (Wildman–Crippen MR) is 76.2 cm³/mol. The lowest BCUT2D eigenvalue weighted by Crippen LogP contribution is -2.37. The van der Waals surface area contributed by atoms with Crippen molar-refractivity contribution in [2.45, 2.75) is 13.0 Å². The van der Waals surface area contributed by atoms with Crippen molar-refractivity contribution in [3.05, 3.63) is 42.2 Å². The van der Waals surface area contributed by atoms with Crippen LogP contribution >= 0.6 is 0 Å². The zero-order chi connectivity index (χ0) is 14.5. The first-order valence-corrected chi connectivity index (χ1v) is 6.67. The first-order valence-electron chi connectivity index (χ1n) is 6.67. The second-order valence-corrected chi connectivity index (χ2v) is 4.74. The standard InChI is InChI=1S/C15H19FN2O2/c1-3-15(19)17-11(2)13-10-12(16)4-5-14(13)18-6-8-20-9-7-18/h3-5,10-11H,1,6-9H2,2H3,(H,17,19). The summed E-state index contributed by atoms with van der Waals surface area (Å²) in [6.45, 7) is 8.10. The van der Waals surface area contributed by atoms with E-state index < -0.39 is 0 Å². The minimum Gasteiger partial charge on any atom is -0.378 e. The van der Waals surface area contributed by atoms with Crippen molar-refractivity contribution in [3.8, 4) is 0 Å². The number of hydrogen-bond acceptors (Lipinski definition) is 3. The van der Waals surface area contributed by atoms with Crippen molar-refractivity contribution in [3.63, 3.8) is 0 Å². The molecule has 0 bridgehead atoms. The summed E-state index contributed by atoms with van der Waals surface area (Å²) in [6.07, 6.45) is 1.21. The Balaban J connectivity index is 2.27. The molecular weight excluding hydrogens is 259 g/mol. The first-order chi connectivity index (χ1) is 9.61. The van der Waals surface area contributed by atoms with E-state index in [-0.39, 0.29) is 17.8 Å². The average molecular weight is 278 g/mol. The van der Waals surface area contributed by atoms with Gasteiger partial charge in [0.1, 0.15) is 5.82 Å². The summed E-state index contributed by atoms with van der Waals surface area (Å²) in [5.41, 5.74) is 1.70. The number of carbonyl (C=O) groups is 1. The molecule has 1 N–H and O–H groups in total. The van der Waals surface area contributed by atoms with Crippen LogP contribution in [0.2, 0.25) is 0 Å². The van der Waals surface area contributed by atoms with Gasteiger partial charge >= 0.3 is 0 Å². The molecule has 108 valence electrons. The molecule has 1 unspecified atom stereocenters. The number of rotatable bonds is 4. The van der Waals surface area contributed by atoms with Crippen LogP contribution in [0.1, 0.15) is 18.5 Å². The minimum absolute atomic E-state index is 0.269. The van der Waals surface area contributed by atoms with Crippen molar-refractivity contribution >= 4 is 11.6 Å². The number of nitrogens with one attached hydrogen (secondary N) is 1. The van der Waals surface area contributed by atoms with Crippen LogP contribution in [0, 0.1) is 5.82 Å². The van der Waals surface area contributed by atoms with E-state index in [0.717, 1.165) is 24.3 Å². The van der Waals surface area contributed by atoms with Crippen molar-refractivity contribution in [1.29, 1.82) is 0 Å². The van der Waals surface area contributed by atoms with Gasteiger partial charge in [-0.1, -0.05) is 6.58 Å². The molecule has 2 rings (SSSR count).